The summed E-state index contributed by atoms with van der Waals surface area (Å²) in [5, 5.41) is 7.13. The fourth-order valence-electron chi connectivity index (χ4n) is 3.88. The SMILES string of the molecule is CCOc1ccc(-c2noc(-c3ccc(CCNC(=O)N4CCCCC4)cc3)n2)cc1OC. The van der Waals surface area contributed by atoms with Gasteiger partial charge in [-0.05, 0) is 68.5 Å². The maximum absolute atomic E-state index is 12.2. The molecule has 0 radical (unpaired) electrons. The maximum Gasteiger partial charge on any atom is 0.317 e. The van der Waals surface area contributed by atoms with Crippen LogP contribution in [0.1, 0.15) is 31.7 Å². The van der Waals surface area contributed by atoms with E-state index >= 15 is 0 Å². The van der Waals surface area contributed by atoms with Crippen LogP contribution in [0.4, 0.5) is 4.79 Å². The zero-order valence-electron chi connectivity index (χ0n) is 19.2. The lowest BCUT2D eigenvalue weighted by Gasteiger charge is -2.26. The number of ether oxygens (including phenoxy) is 2. The fourth-order valence-corrected chi connectivity index (χ4v) is 3.88. The van der Waals surface area contributed by atoms with Gasteiger partial charge in [0, 0.05) is 30.8 Å². The number of amides is 2. The molecule has 1 aliphatic rings. The van der Waals surface area contributed by atoms with Crippen molar-refractivity contribution in [2.75, 3.05) is 33.4 Å². The molecule has 4 rings (SSSR count). The third-order valence-electron chi connectivity index (χ3n) is 5.68. The molecule has 0 saturated carbocycles. The van der Waals surface area contributed by atoms with Crippen LogP contribution in [-0.2, 0) is 6.42 Å². The van der Waals surface area contributed by atoms with Crippen molar-refractivity contribution in [2.24, 2.45) is 0 Å². The molecule has 1 saturated heterocycles. The number of carbonyl (C=O) groups excluding carboxylic acids is 1. The first-order valence-electron chi connectivity index (χ1n) is 11.4. The smallest absolute Gasteiger partial charge is 0.317 e. The van der Waals surface area contributed by atoms with Crippen LogP contribution in [0.2, 0.25) is 0 Å². The molecule has 2 heterocycles. The van der Waals surface area contributed by atoms with Gasteiger partial charge in [-0.2, -0.15) is 4.98 Å². The van der Waals surface area contributed by atoms with E-state index in [0.717, 1.165) is 49.0 Å². The highest BCUT2D eigenvalue weighted by atomic mass is 16.5. The van der Waals surface area contributed by atoms with Gasteiger partial charge in [0.2, 0.25) is 5.82 Å². The average molecular weight is 451 g/mol. The third-order valence-corrected chi connectivity index (χ3v) is 5.68. The van der Waals surface area contributed by atoms with Crippen LogP contribution < -0.4 is 14.8 Å². The van der Waals surface area contributed by atoms with Crippen LogP contribution in [-0.4, -0.2) is 54.4 Å². The molecule has 1 aromatic heterocycles. The van der Waals surface area contributed by atoms with E-state index in [1.807, 2.05) is 54.3 Å². The van der Waals surface area contributed by atoms with Crippen molar-refractivity contribution in [1.29, 1.82) is 0 Å². The molecular weight excluding hydrogens is 420 g/mol. The van der Waals surface area contributed by atoms with Gasteiger partial charge in [0.15, 0.2) is 11.5 Å². The van der Waals surface area contributed by atoms with E-state index in [1.165, 1.54) is 6.42 Å². The Morgan fingerprint density at radius 2 is 1.82 bits per heavy atom. The zero-order valence-corrected chi connectivity index (χ0v) is 19.2. The Balaban J connectivity index is 1.35. The fraction of sp³-hybridized carbons (Fsp3) is 0.400. The summed E-state index contributed by atoms with van der Waals surface area (Å²) in [5.41, 5.74) is 2.76. The number of benzene rings is 2. The van der Waals surface area contributed by atoms with Gasteiger partial charge in [-0.25, -0.2) is 4.79 Å². The Hall–Kier alpha value is -3.55. The third kappa shape index (κ3) is 5.63. The average Bonchev–Trinajstić information content (AvgIpc) is 3.36. The van der Waals surface area contributed by atoms with Gasteiger partial charge in [0.05, 0.1) is 13.7 Å². The molecule has 0 unspecified atom stereocenters. The van der Waals surface area contributed by atoms with Crippen molar-refractivity contribution in [3.05, 3.63) is 48.0 Å². The van der Waals surface area contributed by atoms with Crippen molar-refractivity contribution in [2.45, 2.75) is 32.6 Å². The van der Waals surface area contributed by atoms with Crippen LogP contribution in [0, 0.1) is 0 Å². The highest BCUT2D eigenvalue weighted by Gasteiger charge is 2.16. The minimum atomic E-state index is 0.0376. The molecule has 1 N–H and O–H groups in total. The molecule has 0 atom stereocenters. The van der Waals surface area contributed by atoms with Crippen LogP contribution in [0.15, 0.2) is 47.0 Å². The van der Waals surface area contributed by atoms with E-state index in [0.29, 0.717) is 36.4 Å². The van der Waals surface area contributed by atoms with Crippen molar-refractivity contribution in [3.63, 3.8) is 0 Å². The number of carbonyl (C=O) groups is 1. The minimum Gasteiger partial charge on any atom is -0.493 e. The number of nitrogens with one attached hydrogen (secondary N) is 1. The first-order valence-corrected chi connectivity index (χ1v) is 11.4. The number of nitrogens with zero attached hydrogens (tertiary/aromatic N) is 3. The van der Waals surface area contributed by atoms with Crippen LogP contribution in [0.3, 0.4) is 0 Å². The van der Waals surface area contributed by atoms with Gasteiger partial charge < -0.3 is 24.2 Å². The number of hydrogen-bond acceptors (Lipinski definition) is 6. The van der Waals surface area contributed by atoms with Gasteiger partial charge >= 0.3 is 6.03 Å². The highest BCUT2D eigenvalue weighted by molar-refractivity contribution is 5.74. The Morgan fingerprint density at radius 1 is 1.06 bits per heavy atom. The second kappa shape index (κ2) is 10.8. The lowest BCUT2D eigenvalue weighted by atomic mass is 10.1. The van der Waals surface area contributed by atoms with E-state index in [9.17, 15) is 4.79 Å². The largest absolute Gasteiger partial charge is 0.493 e. The van der Waals surface area contributed by atoms with Gasteiger partial charge in [-0.3, -0.25) is 0 Å². The number of hydrogen-bond donors (Lipinski definition) is 1. The summed E-state index contributed by atoms with van der Waals surface area (Å²) in [6.07, 6.45) is 4.17. The number of urea groups is 1. The number of likely N-dealkylation sites (tertiary alicyclic amines) is 1. The number of methoxy groups -OCH3 is 1. The molecule has 1 fully saturated rings. The topological polar surface area (TPSA) is 89.7 Å². The summed E-state index contributed by atoms with van der Waals surface area (Å²) in [6.45, 7) is 4.81. The van der Waals surface area contributed by atoms with Crippen molar-refractivity contribution in [1.82, 2.24) is 20.4 Å². The van der Waals surface area contributed by atoms with Gasteiger partial charge in [-0.15, -0.1) is 0 Å². The second-order valence-corrected chi connectivity index (χ2v) is 7.95. The Kier molecular flexibility index (Phi) is 7.44. The zero-order chi connectivity index (χ0) is 23.0. The predicted molar refractivity (Wildman–Crippen MR) is 125 cm³/mol. The van der Waals surface area contributed by atoms with Crippen LogP contribution in [0.5, 0.6) is 11.5 Å². The molecule has 2 aromatic carbocycles. The first-order chi connectivity index (χ1) is 16.2. The molecule has 3 aromatic rings. The highest BCUT2D eigenvalue weighted by Crippen LogP contribution is 2.32. The van der Waals surface area contributed by atoms with Crippen molar-refractivity contribution < 1.29 is 18.8 Å². The van der Waals surface area contributed by atoms with Crippen LogP contribution in [0.25, 0.3) is 22.8 Å². The summed E-state index contributed by atoms with van der Waals surface area (Å²) in [6, 6.07) is 13.5. The maximum atomic E-state index is 12.2. The molecule has 1 aliphatic heterocycles. The quantitative estimate of drug-likeness (QED) is 0.542. The molecule has 8 nitrogen and oxygen atoms in total. The summed E-state index contributed by atoms with van der Waals surface area (Å²) in [5.74, 6) is 2.23. The molecule has 2 amide bonds. The lowest BCUT2D eigenvalue weighted by molar-refractivity contribution is 0.186. The molecule has 0 bridgehead atoms. The van der Waals surface area contributed by atoms with Gasteiger partial charge in [-0.1, -0.05) is 17.3 Å². The Bertz CT molecular complexity index is 1060. The molecule has 0 aliphatic carbocycles. The summed E-state index contributed by atoms with van der Waals surface area (Å²) < 4.78 is 16.4. The van der Waals surface area contributed by atoms with Crippen molar-refractivity contribution >= 4 is 6.03 Å². The van der Waals surface area contributed by atoms with Gasteiger partial charge in [0.25, 0.3) is 5.89 Å². The molecule has 8 heteroatoms. The molecule has 0 spiro atoms. The number of piperidine rings is 1. The van der Waals surface area contributed by atoms with E-state index in [1.54, 1.807) is 7.11 Å². The molecule has 33 heavy (non-hydrogen) atoms. The second-order valence-electron chi connectivity index (χ2n) is 7.95. The van der Waals surface area contributed by atoms with Crippen LogP contribution >= 0.6 is 0 Å². The standard InChI is InChI=1S/C25H30N4O4/c1-3-32-21-12-11-20(17-22(21)31-2)23-27-24(33-28-23)19-9-7-18(8-10-19)13-14-26-25(30)29-15-5-4-6-16-29/h7-12,17H,3-6,13-16H2,1-2H3,(H,26,30). The Morgan fingerprint density at radius 3 is 2.55 bits per heavy atom. The van der Waals surface area contributed by atoms with E-state index in [2.05, 4.69) is 15.5 Å². The Labute approximate surface area is 193 Å². The predicted octanol–water partition coefficient (Wildman–Crippen LogP) is 4.55. The summed E-state index contributed by atoms with van der Waals surface area (Å²) in [7, 11) is 1.60. The monoisotopic (exact) mass is 450 g/mol. The molecular formula is C25H30N4O4. The molecule has 174 valence electrons. The summed E-state index contributed by atoms with van der Waals surface area (Å²) in [4.78, 5) is 18.6. The summed E-state index contributed by atoms with van der Waals surface area (Å²) >= 11 is 0. The van der Waals surface area contributed by atoms with Crippen molar-refractivity contribution in [3.8, 4) is 34.3 Å². The number of rotatable bonds is 8. The van der Waals surface area contributed by atoms with Gasteiger partial charge in [0.1, 0.15) is 0 Å². The normalized spacial score (nSPS) is 13.6. The first kappa shape index (κ1) is 22.6. The van der Waals surface area contributed by atoms with E-state index < -0.39 is 0 Å². The lowest BCUT2D eigenvalue weighted by Crippen LogP contribution is -2.43. The number of aromatic nitrogens is 2. The van der Waals surface area contributed by atoms with E-state index in [-0.39, 0.29) is 6.03 Å². The van der Waals surface area contributed by atoms with E-state index in [4.69, 9.17) is 14.0 Å². The minimum absolute atomic E-state index is 0.0376.